The lowest BCUT2D eigenvalue weighted by Crippen LogP contribution is -2.80. The van der Waals surface area contributed by atoms with Crippen LogP contribution in [-0.4, -0.2) is 56.2 Å². The van der Waals surface area contributed by atoms with Gasteiger partial charge in [0.05, 0.1) is 12.7 Å². The van der Waals surface area contributed by atoms with Gasteiger partial charge in [-0.3, -0.25) is 0 Å². The lowest BCUT2D eigenvalue weighted by atomic mass is 9.62. The zero-order chi connectivity index (χ0) is 9.52. The largest absolute Gasteiger partial charge is 0.396 e. The van der Waals surface area contributed by atoms with Crippen LogP contribution < -0.4 is 5.73 Å². The number of aliphatic hydroxyl groups is 5. The molecule has 0 spiro atoms. The van der Waals surface area contributed by atoms with Crippen molar-refractivity contribution in [1.29, 1.82) is 0 Å². The number of hydrogen-bond acceptors (Lipinski definition) is 6. The molecular weight excluding hydrogens is 166 g/mol. The van der Waals surface area contributed by atoms with E-state index < -0.39 is 36.6 Å². The molecule has 1 rings (SSSR count). The van der Waals surface area contributed by atoms with Gasteiger partial charge in [0.15, 0.2) is 6.29 Å². The van der Waals surface area contributed by atoms with E-state index in [0.29, 0.717) is 0 Å². The molecule has 1 aliphatic carbocycles. The molecule has 0 aromatic heterocycles. The molecule has 0 radical (unpaired) electrons. The first kappa shape index (κ1) is 9.85. The van der Waals surface area contributed by atoms with Crippen LogP contribution in [0, 0.1) is 5.92 Å². The van der Waals surface area contributed by atoms with Gasteiger partial charge in [-0.1, -0.05) is 0 Å². The smallest absolute Gasteiger partial charge is 0.172 e. The average molecular weight is 179 g/mol. The normalized spacial score (nSPS) is 47.8. The third kappa shape index (κ3) is 0.972. The molecular formula is C6H13NO5. The monoisotopic (exact) mass is 179 g/mol. The Morgan fingerprint density at radius 2 is 1.83 bits per heavy atom. The predicted octanol–water partition coefficient (Wildman–Crippen LogP) is -3.66. The van der Waals surface area contributed by atoms with E-state index in [1.54, 1.807) is 0 Å². The number of aliphatic hydroxyl groups excluding tert-OH is 4. The Labute approximate surface area is 68.9 Å². The van der Waals surface area contributed by atoms with Gasteiger partial charge >= 0.3 is 0 Å². The summed E-state index contributed by atoms with van der Waals surface area (Å²) in [5.74, 6) is -0.896. The molecule has 0 bridgehead atoms. The van der Waals surface area contributed by atoms with Gasteiger partial charge < -0.3 is 31.3 Å². The molecule has 0 aromatic carbocycles. The summed E-state index contributed by atoms with van der Waals surface area (Å²) in [5.41, 5.74) is 3.65. The Hall–Kier alpha value is -0.240. The summed E-state index contributed by atoms with van der Waals surface area (Å²) in [6, 6.07) is 0. The first-order valence-electron chi connectivity index (χ1n) is 3.58. The summed E-state index contributed by atoms with van der Waals surface area (Å²) in [4.78, 5) is 0. The molecule has 0 aliphatic heterocycles. The summed E-state index contributed by atoms with van der Waals surface area (Å²) in [6.07, 6.45) is -4.55. The van der Waals surface area contributed by atoms with E-state index in [9.17, 15) is 0 Å². The van der Waals surface area contributed by atoms with Crippen LogP contribution in [0.1, 0.15) is 0 Å². The molecule has 0 heterocycles. The van der Waals surface area contributed by atoms with Gasteiger partial charge in [-0.05, 0) is 0 Å². The van der Waals surface area contributed by atoms with Crippen LogP contribution in [0.3, 0.4) is 0 Å². The second-order valence-corrected chi connectivity index (χ2v) is 3.10. The van der Waals surface area contributed by atoms with Gasteiger partial charge in [-0.25, -0.2) is 0 Å². The first-order chi connectivity index (χ1) is 5.46. The van der Waals surface area contributed by atoms with Crippen molar-refractivity contribution in [2.24, 2.45) is 11.7 Å². The van der Waals surface area contributed by atoms with Crippen molar-refractivity contribution >= 4 is 0 Å². The molecule has 0 saturated heterocycles. The van der Waals surface area contributed by atoms with Crippen molar-refractivity contribution < 1.29 is 25.5 Å². The highest BCUT2D eigenvalue weighted by Gasteiger charge is 2.62. The molecule has 7 N–H and O–H groups in total. The fraction of sp³-hybridized carbons (Fsp3) is 1.00. The van der Waals surface area contributed by atoms with E-state index in [2.05, 4.69) is 0 Å². The van der Waals surface area contributed by atoms with Crippen molar-refractivity contribution in [3.63, 3.8) is 0 Å². The molecule has 0 amide bonds. The van der Waals surface area contributed by atoms with Crippen LogP contribution in [0.2, 0.25) is 0 Å². The van der Waals surface area contributed by atoms with Gasteiger partial charge in [0, 0.05) is 5.92 Å². The highest BCUT2D eigenvalue weighted by molar-refractivity contribution is 5.14. The average Bonchev–Trinajstić information content (AvgIpc) is 2.04. The summed E-state index contributed by atoms with van der Waals surface area (Å²) in [6.45, 7) is -0.494. The Balaban J connectivity index is 2.76. The second kappa shape index (κ2) is 2.91. The van der Waals surface area contributed by atoms with Crippen molar-refractivity contribution in [3.8, 4) is 0 Å². The molecule has 12 heavy (non-hydrogen) atoms. The Morgan fingerprint density at radius 1 is 1.33 bits per heavy atom. The fourth-order valence-corrected chi connectivity index (χ4v) is 1.52. The summed E-state index contributed by atoms with van der Waals surface area (Å²) in [7, 11) is 0. The van der Waals surface area contributed by atoms with Crippen molar-refractivity contribution in [3.05, 3.63) is 0 Å². The zero-order valence-corrected chi connectivity index (χ0v) is 6.33. The maximum absolute atomic E-state index is 9.10. The highest BCUT2D eigenvalue weighted by atomic mass is 16.5. The van der Waals surface area contributed by atoms with Crippen molar-refractivity contribution in [2.75, 3.05) is 6.61 Å². The standard InChI is InChI=1S/C6H13NO5/c7-6(5(11)12)2(1-8)3(9)4(6)10/h2-5,8-12H,1,7H2. The SMILES string of the molecule is NC1(C(O)O)C(O)C(O)C1CO. The Bertz CT molecular complexity index is 175. The number of nitrogens with two attached hydrogens (primary N) is 1. The van der Waals surface area contributed by atoms with Gasteiger partial charge in [0.2, 0.25) is 0 Å². The number of hydrogen-bond donors (Lipinski definition) is 6. The fourth-order valence-electron chi connectivity index (χ4n) is 1.52. The third-order valence-corrected chi connectivity index (χ3v) is 2.53. The first-order valence-corrected chi connectivity index (χ1v) is 3.58. The molecule has 6 nitrogen and oxygen atoms in total. The zero-order valence-electron chi connectivity index (χ0n) is 6.33. The molecule has 1 aliphatic rings. The molecule has 1 saturated carbocycles. The van der Waals surface area contributed by atoms with Crippen molar-refractivity contribution in [2.45, 2.75) is 24.0 Å². The van der Waals surface area contributed by atoms with Crippen LogP contribution >= 0.6 is 0 Å². The van der Waals surface area contributed by atoms with E-state index in [1.165, 1.54) is 0 Å². The minimum Gasteiger partial charge on any atom is -0.396 e. The molecule has 1 fully saturated rings. The van der Waals surface area contributed by atoms with Crippen LogP contribution in [0.4, 0.5) is 0 Å². The van der Waals surface area contributed by atoms with E-state index in [0.717, 1.165) is 0 Å². The molecule has 6 heteroatoms. The van der Waals surface area contributed by atoms with E-state index in [4.69, 9.17) is 31.3 Å². The van der Waals surface area contributed by atoms with E-state index >= 15 is 0 Å². The topological polar surface area (TPSA) is 127 Å². The summed E-state index contributed by atoms with van der Waals surface area (Å²) >= 11 is 0. The van der Waals surface area contributed by atoms with E-state index in [-0.39, 0.29) is 0 Å². The molecule has 72 valence electrons. The van der Waals surface area contributed by atoms with E-state index in [1.807, 2.05) is 0 Å². The van der Waals surface area contributed by atoms with Gasteiger partial charge in [0.25, 0.3) is 0 Å². The highest BCUT2D eigenvalue weighted by Crippen LogP contribution is 2.38. The minimum absolute atomic E-state index is 0.494. The second-order valence-electron chi connectivity index (χ2n) is 3.10. The summed E-state index contributed by atoms with van der Waals surface area (Å²) < 4.78 is 0. The van der Waals surface area contributed by atoms with Crippen molar-refractivity contribution in [1.82, 2.24) is 0 Å². The maximum Gasteiger partial charge on any atom is 0.172 e. The Kier molecular flexibility index (Phi) is 2.39. The lowest BCUT2D eigenvalue weighted by Gasteiger charge is -2.54. The van der Waals surface area contributed by atoms with Crippen LogP contribution in [0.5, 0.6) is 0 Å². The van der Waals surface area contributed by atoms with Crippen LogP contribution in [0.25, 0.3) is 0 Å². The minimum atomic E-state index is -1.95. The Morgan fingerprint density at radius 3 is 2.08 bits per heavy atom. The lowest BCUT2D eigenvalue weighted by molar-refractivity contribution is -0.257. The predicted molar refractivity (Wildman–Crippen MR) is 37.7 cm³/mol. The van der Waals surface area contributed by atoms with Crippen LogP contribution in [-0.2, 0) is 0 Å². The quantitative estimate of drug-likeness (QED) is 0.242. The maximum atomic E-state index is 9.10. The molecule has 4 atom stereocenters. The molecule has 4 unspecified atom stereocenters. The van der Waals surface area contributed by atoms with Gasteiger partial charge in [-0.2, -0.15) is 0 Å². The van der Waals surface area contributed by atoms with Crippen LogP contribution in [0.15, 0.2) is 0 Å². The van der Waals surface area contributed by atoms with Gasteiger partial charge in [-0.15, -0.1) is 0 Å². The number of rotatable bonds is 2. The molecule has 0 aromatic rings. The summed E-state index contributed by atoms with van der Waals surface area (Å²) in [5, 5.41) is 44.4. The third-order valence-electron chi connectivity index (χ3n) is 2.53. The van der Waals surface area contributed by atoms with Gasteiger partial charge in [0.1, 0.15) is 11.6 Å².